The predicted molar refractivity (Wildman–Crippen MR) is 87.9 cm³/mol. The van der Waals surface area contributed by atoms with Crippen molar-refractivity contribution in [2.45, 2.75) is 44.6 Å². The molecule has 1 aliphatic carbocycles. The Labute approximate surface area is 142 Å². The van der Waals surface area contributed by atoms with Gasteiger partial charge in [0.25, 0.3) is 0 Å². The number of pyridine rings is 1. The van der Waals surface area contributed by atoms with Gasteiger partial charge in [-0.3, -0.25) is 9.69 Å². The summed E-state index contributed by atoms with van der Waals surface area (Å²) in [5, 5.41) is 13.7. The van der Waals surface area contributed by atoms with Gasteiger partial charge in [0.1, 0.15) is 5.82 Å². The van der Waals surface area contributed by atoms with Crippen molar-refractivity contribution < 1.29 is 14.7 Å². The third kappa shape index (κ3) is 3.75. The lowest BCUT2D eigenvalue weighted by molar-refractivity contribution is -0.312. The minimum absolute atomic E-state index is 0.0648. The molecule has 2 aliphatic rings. The molecule has 0 radical (unpaired) electrons. The van der Waals surface area contributed by atoms with Gasteiger partial charge in [0.15, 0.2) is 0 Å². The molecule has 0 spiro atoms. The van der Waals surface area contributed by atoms with E-state index in [0.29, 0.717) is 37.5 Å². The van der Waals surface area contributed by atoms with Gasteiger partial charge in [-0.25, -0.2) is 4.98 Å². The van der Waals surface area contributed by atoms with Crippen molar-refractivity contribution in [1.82, 2.24) is 9.88 Å². The minimum Gasteiger partial charge on any atom is -0.550 e. The molecule has 1 saturated heterocycles. The molecule has 6 heteroatoms. The zero-order valence-electron chi connectivity index (χ0n) is 14.0. The molecule has 1 atom stereocenters. The van der Waals surface area contributed by atoms with E-state index in [0.717, 1.165) is 13.0 Å². The quantitative estimate of drug-likeness (QED) is 0.900. The highest BCUT2D eigenvalue weighted by Crippen LogP contribution is 2.31. The molecular formula is C18H24N3O3-. The van der Waals surface area contributed by atoms with Crippen LogP contribution in [0.15, 0.2) is 18.3 Å². The second-order valence-corrected chi connectivity index (χ2v) is 6.97. The summed E-state index contributed by atoms with van der Waals surface area (Å²) < 4.78 is 0. The van der Waals surface area contributed by atoms with Gasteiger partial charge in [-0.1, -0.05) is 6.07 Å². The van der Waals surface area contributed by atoms with Crippen molar-refractivity contribution in [1.29, 1.82) is 0 Å². The summed E-state index contributed by atoms with van der Waals surface area (Å²) in [6.45, 7) is 1.11. The average molecular weight is 330 g/mol. The zero-order valence-corrected chi connectivity index (χ0v) is 14.0. The Hall–Kier alpha value is -1.95. The summed E-state index contributed by atoms with van der Waals surface area (Å²) in [7, 11) is 2.12. The van der Waals surface area contributed by atoms with Crippen LogP contribution in [-0.4, -0.2) is 35.4 Å². The fourth-order valence-corrected chi connectivity index (χ4v) is 3.83. The molecule has 130 valence electrons. The molecule has 1 saturated carbocycles. The first kappa shape index (κ1) is 16.9. The lowest BCUT2D eigenvalue weighted by Gasteiger charge is -2.28. The first-order valence-electron chi connectivity index (χ1n) is 8.72. The number of carbonyl (C=O) groups excluding carboxylic acids is 2. The average Bonchev–Trinajstić information content (AvgIpc) is 3.01. The number of hydrogen-bond acceptors (Lipinski definition) is 5. The van der Waals surface area contributed by atoms with Crippen molar-refractivity contribution in [3.05, 3.63) is 23.9 Å². The molecule has 1 aromatic heterocycles. The second-order valence-electron chi connectivity index (χ2n) is 6.97. The monoisotopic (exact) mass is 330 g/mol. The number of nitrogens with zero attached hydrogens (tertiary/aromatic N) is 2. The molecule has 3 rings (SSSR count). The third-order valence-electron chi connectivity index (χ3n) is 5.37. The van der Waals surface area contributed by atoms with Crippen LogP contribution in [0.2, 0.25) is 0 Å². The van der Waals surface area contributed by atoms with Gasteiger partial charge in [-0.2, -0.15) is 0 Å². The topological polar surface area (TPSA) is 85.4 Å². The van der Waals surface area contributed by atoms with Crippen molar-refractivity contribution >= 4 is 17.7 Å². The fraction of sp³-hybridized carbons (Fsp3) is 0.611. The number of carbonyl (C=O) groups is 2. The Kier molecular flexibility index (Phi) is 5.14. The smallest absolute Gasteiger partial charge is 0.228 e. The number of anilines is 1. The zero-order chi connectivity index (χ0) is 17.1. The van der Waals surface area contributed by atoms with E-state index in [1.54, 1.807) is 0 Å². The van der Waals surface area contributed by atoms with Crippen LogP contribution in [0.25, 0.3) is 0 Å². The van der Waals surface area contributed by atoms with Gasteiger partial charge < -0.3 is 15.2 Å². The van der Waals surface area contributed by atoms with Gasteiger partial charge >= 0.3 is 0 Å². The summed E-state index contributed by atoms with van der Waals surface area (Å²) in [6.07, 6.45) is 6.40. The van der Waals surface area contributed by atoms with E-state index in [9.17, 15) is 14.7 Å². The standard InChI is InChI=1S/C18H25N3O3/c1-21-10-2-3-15(21)14-8-9-16(19-11-14)20-17(22)12-4-6-13(7-5-12)18(23)24/h8-9,11-13,15H,2-7,10H2,1H3,(H,23,24)(H,19,20,22)/p-1. The van der Waals surface area contributed by atoms with Crippen LogP contribution < -0.4 is 10.4 Å². The van der Waals surface area contributed by atoms with Crippen LogP contribution in [-0.2, 0) is 9.59 Å². The van der Waals surface area contributed by atoms with Crippen LogP contribution in [0.4, 0.5) is 5.82 Å². The first-order valence-corrected chi connectivity index (χ1v) is 8.72. The molecular weight excluding hydrogens is 306 g/mol. The van der Waals surface area contributed by atoms with Crippen molar-refractivity contribution in [3.8, 4) is 0 Å². The number of carboxylic acids is 1. The van der Waals surface area contributed by atoms with Crippen LogP contribution >= 0.6 is 0 Å². The number of aromatic nitrogens is 1. The highest BCUT2D eigenvalue weighted by atomic mass is 16.4. The maximum Gasteiger partial charge on any atom is 0.228 e. The minimum atomic E-state index is -0.997. The van der Waals surface area contributed by atoms with E-state index in [-0.39, 0.29) is 11.8 Å². The number of nitrogens with one attached hydrogen (secondary N) is 1. The molecule has 24 heavy (non-hydrogen) atoms. The fourth-order valence-electron chi connectivity index (χ4n) is 3.83. The molecule has 2 fully saturated rings. The Bertz CT molecular complexity index is 594. The number of rotatable bonds is 4. The maximum atomic E-state index is 12.3. The number of amides is 1. The first-order chi connectivity index (χ1) is 11.5. The molecule has 2 heterocycles. The largest absolute Gasteiger partial charge is 0.550 e. The summed E-state index contributed by atoms with van der Waals surface area (Å²) >= 11 is 0. The number of hydrogen-bond donors (Lipinski definition) is 1. The van der Waals surface area contributed by atoms with Crippen molar-refractivity contribution in [3.63, 3.8) is 0 Å². The predicted octanol–water partition coefficient (Wildman–Crippen LogP) is 1.34. The lowest BCUT2D eigenvalue weighted by Crippen LogP contribution is -2.36. The van der Waals surface area contributed by atoms with E-state index in [2.05, 4.69) is 22.2 Å². The summed E-state index contributed by atoms with van der Waals surface area (Å²) in [5.41, 5.74) is 1.18. The van der Waals surface area contributed by atoms with Gasteiger partial charge in [-0.05, 0) is 69.7 Å². The number of carboxylic acid groups (broad SMARTS) is 1. The molecule has 6 nitrogen and oxygen atoms in total. The molecule has 1 unspecified atom stereocenters. The maximum absolute atomic E-state index is 12.3. The lowest BCUT2D eigenvalue weighted by atomic mass is 9.81. The van der Waals surface area contributed by atoms with Gasteiger partial charge in [-0.15, -0.1) is 0 Å². The highest BCUT2D eigenvalue weighted by molar-refractivity contribution is 5.91. The summed E-state index contributed by atoms with van der Waals surface area (Å²) in [4.78, 5) is 29.9. The second kappa shape index (κ2) is 7.30. The van der Waals surface area contributed by atoms with E-state index in [1.165, 1.54) is 12.0 Å². The number of aliphatic carboxylic acids is 1. The van der Waals surface area contributed by atoms with Gasteiger partial charge in [0.05, 0.1) is 0 Å². The molecule has 1 aliphatic heterocycles. The third-order valence-corrected chi connectivity index (χ3v) is 5.37. The highest BCUT2D eigenvalue weighted by Gasteiger charge is 2.27. The van der Waals surface area contributed by atoms with E-state index in [4.69, 9.17) is 0 Å². The van der Waals surface area contributed by atoms with Crippen LogP contribution in [0.3, 0.4) is 0 Å². The van der Waals surface area contributed by atoms with E-state index in [1.807, 2.05) is 18.3 Å². The molecule has 0 bridgehead atoms. The Morgan fingerprint density at radius 1 is 1.17 bits per heavy atom. The summed E-state index contributed by atoms with van der Waals surface area (Å²) in [5.74, 6) is -1.04. The Morgan fingerprint density at radius 2 is 1.88 bits per heavy atom. The SMILES string of the molecule is CN1CCCC1c1ccc(NC(=O)C2CCC(C(=O)[O-])CC2)nc1. The van der Waals surface area contributed by atoms with Crippen molar-refractivity contribution in [2.24, 2.45) is 11.8 Å². The Balaban J connectivity index is 1.54. The normalized spacial score (nSPS) is 27.8. The number of likely N-dealkylation sites (tertiary alicyclic amines) is 1. The Morgan fingerprint density at radius 3 is 2.42 bits per heavy atom. The molecule has 1 amide bonds. The molecule has 1 aromatic rings. The van der Waals surface area contributed by atoms with Gasteiger partial charge in [0, 0.05) is 24.1 Å². The van der Waals surface area contributed by atoms with Crippen molar-refractivity contribution in [2.75, 3.05) is 18.9 Å². The molecule has 1 N–H and O–H groups in total. The van der Waals surface area contributed by atoms with E-state index >= 15 is 0 Å². The van der Waals surface area contributed by atoms with Crippen LogP contribution in [0.1, 0.15) is 50.1 Å². The van der Waals surface area contributed by atoms with E-state index < -0.39 is 11.9 Å². The van der Waals surface area contributed by atoms with Gasteiger partial charge in [0.2, 0.25) is 5.91 Å². The molecule has 0 aromatic carbocycles. The van der Waals surface area contributed by atoms with Crippen LogP contribution in [0, 0.1) is 11.8 Å². The summed E-state index contributed by atoms with van der Waals surface area (Å²) in [6, 6.07) is 4.30. The van der Waals surface area contributed by atoms with Crippen LogP contribution in [0.5, 0.6) is 0 Å².